The van der Waals surface area contributed by atoms with Gasteiger partial charge >= 0.3 is 0 Å². The maximum Gasteiger partial charge on any atom is 0.0598 e. The summed E-state index contributed by atoms with van der Waals surface area (Å²) in [5, 5.41) is 0. The maximum atomic E-state index is 2.49. The van der Waals surface area contributed by atoms with E-state index in [1.165, 1.54) is 32.4 Å². The van der Waals surface area contributed by atoms with E-state index in [1.54, 1.807) is 5.57 Å². The molecule has 2 heteroatoms. The first kappa shape index (κ1) is 22.7. The second-order valence-electron chi connectivity index (χ2n) is 9.94. The Morgan fingerprint density at radius 2 is 1.47 bits per heavy atom. The Kier molecular flexibility index (Phi) is 6.57. The van der Waals surface area contributed by atoms with Crippen molar-refractivity contribution in [3.8, 4) is 0 Å². The van der Waals surface area contributed by atoms with Crippen molar-refractivity contribution < 1.29 is 0 Å². The molecule has 0 spiro atoms. The Labute approximate surface area is 188 Å². The van der Waals surface area contributed by atoms with Crippen molar-refractivity contribution in [1.82, 2.24) is 0 Å². The molecular weight excluding hydrogens is 382 g/mol. The second kappa shape index (κ2) is 8.67. The molecule has 0 aromatic heterocycles. The maximum absolute atomic E-state index is 2.49. The fourth-order valence-electron chi connectivity index (χ4n) is 3.97. The summed E-state index contributed by atoms with van der Waals surface area (Å²) < 4.78 is 0. The average Bonchev–Trinajstić information content (AvgIpc) is 2.72. The topological polar surface area (TPSA) is 3.24 Å². The molecule has 1 nitrogen and oxygen atoms in total. The molecule has 0 fully saturated rings. The van der Waals surface area contributed by atoms with Crippen molar-refractivity contribution in [2.75, 3.05) is 4.90 Å². The number of nitrogens with zero attached hydrogens (tertiary/aromatic N) is 1. The van der Waals surface area contributed by atoms with Gasteiger partial charge in [-0.1, -0.05) is 97.0 Å². The first-order valence-corrected chi connectivity index (χ1v) is 12.1. The van der Waals surface area contributed by atoms with Crippen LogP contribution in [0.15, 0.2) is 75.7 Å². The minimum Gasteiger partial charge on any atom is -0.312 e. The smallest absolute Gasteiger partial charge is 0.0598 e. The fourth-order valence-corrected chi connectivity index (χ4v) is 5.17. The first-order valence-electron chi connectivity index (χ1n) is 11.3. The van der Waals surface area contributed by atoms with Crippen LogP contribution in [0.3, 0.4) is 0 Å². The van der Waals surface area contributed by atoms with E-state index in [9.17, 15) is 0 Å². The highest BCUT2D eigenvalue weighted by Crippen LogP contribution is 2.52. The van der Waals surface area contributed by atoms with Crippen LogP contribution in [0.4, 0.5) is 11.4 Å². The molecule has 1 heterocycles. The third kappa shape index (κ3) is 4.54. The van der Waals surface area contributed by atoms with Gasteiger partial charge < -0.3 is 4.90 Å². The number of para-hydroxylation sites is 1. The zero-order valence-electron chi connectivity index (χ0n) is 20.0. The van der Waals surface area contributed by atoms with Crippen molar-refractivity contribution in [3.05, 3.63) is 76.3 Å². The van der Waals surface area contributed by atoms with Crippen LogP contribution in [0.1, 0.15) is 73.8 Å². The Bertz CT molecular complexity index is 952. The number of hydrogen-bond acceptors (Lipinski definition) is 2. The molecule has 0 saturated heterocycles. The van der Waals surface area contributed by atoms with Crippen LogP contribution in [0.2, 0.25) is 0 Å². The molecule has 0 unspecified atom stereocenters. The van der Waals surface area contributed by atoms with E-state index in [0.29, 0.717) is 0 Å². The summed E-state index contributed by atoms with van der Waals surface area (Å²) in [6, 6.07) is 17.9. The summed E-state index contributed by atoms with van der Waals surface area (Å²) >= 11 is 1.95. The normalized spacial score (nSPS) is 16.3. The van der Waals surface area contributed by atoms with E-state index in [0.717, 1.165) is 12.8 Å². The van der Waals surface area contributed by atoms with Crippen molar-refractivity contribution in [1.29, 1.82) is 0 Å². The zero-order valence-corrected chi connectivity index (χ0v) is 20.8. The van der Waals surface area contributed by atoms with Gasteiger partial charge in [0.15, 0.2) is 0 Å². The Morgan fingerprint density at radius 1 is 0.800 bits per heavy atom. The molecule has 0 bridgehead atoms. The SMILES string of the molecule is CC.CC(C)(C)C1=CC2=C(CC1)N(c1ccccc1)c1ccc(C(C)(C)C)cc1S2. The third-order valence-corrected chi connectivity index (χ3v) is 6.88. The highest BCUT2D eigenvalue weighted by Gasteiger charge is 2.31. The molecule has 2 aromatic rings. The molecule has 30 heavy (non-hydrogen) atoms. The lowest BCUT2D eigenvalue weighted by molar-refractivity contribution is 0.478. The highest BCUT2D eigenvalue weighted by atomic mass is 32.2. The predicted octanol–water partition coefficient (Wildman–Crippen LogP) is 9.23. The fraction of sp³-hybridized carbons (Fsp3) is 0.429. The van der Waals surface area contributed by atoms with E-state index in [-0.39, 0.29) is 10.8 Å². The Morgan fingerprint density at radius 3 is 2.07 bits per heavy atom. The van der Waals surface area contributed by atoms with Gasteiger partial charge in [0.2, 0.25) is 0 Å². The molecule has 2 aromatic carbocycles. The van der Waals surface area contributed by atoms with Crippen molar-refractivity contribution >= 4 is 23.1 Å². The third-order valence-electron chi connectivity index (χ3n) is 5.76. The average molecular weight is 420 g/mol. The molecule has 1 aliphatic carbocycles. The molecule has 0 amide bonds. The number of hydrogen-bond donors (Lipinski definition) is 0. The molecule has 2 aliphatic rings. The molecular formula is C28H37NS. The number of thioether (sulfide) groups is 1. The molecule has 4 rings (SSSR count). The lowest BCUT2D eigenvalue weighted by Crippen LogP contribution is -2.25. The molecule has 160 valence electrons. The van der Waals surface area contributed by atoms with Crippen LogP contribution in [-0.2, 0) is 5.41 Å². The van der Waals surface area contributed by atoms with Gasteiger partial charge in [-0.25, -0.2) is 0 Å². The van der Waals surface area contributed by atoms with Crippen LogP contribution >= 0.6 is 11.8 Å². The minimum absolute atomic E-state index is 0.154. The number of fused-ring (bicyclic) bond motifs is 1. The standard InChI is InChI=1S/C26H31NS.C2H6/c1-25(2,3)18-12-14-21-23(16-18)28-24-17-19(26(4,5)6)13-15-22(24)27(21)20-10-8-7-9-11-20;1-2/h7-12,14,16-17H,13,15H2,1-6H3;1-2H3. The van der Waals surface area contributed by atoms with Gasteiger partial charge in [0.1, 0.15) is 0 Å². The van der Waals surface area contributed by atoms with Crippen molar-refractivity contribution in [3.63, 3.8) is 0 Å². The quantitative estimate of drug-likeness (QED) is 0.453. The summed E-state index contributed by atoms with van der Waals surface area (Å²) in [5.74, 6) is 0. The lowest BCUT2D eigenvalue weighted by Gasteiger charge is -2.39. The van der Waals surface area contributed by atoms with Crippen molar-refractivity contribution in [2.24, 2.45) is 5.41 Å². The van der Waals surface area contributed by atoms with Crippen molar-refractivity contribution in [2.45, 2.75) is 78.5 Å². The summed E-state index contributed by atoms with van der Waals surface area (Å²) in [5.41, 5.74) is 7.35. The monoisotopic (exact) mass is 419 g/mol. The number of allylic oxidation sites excluding steroid dienone is 3. The summed E-state index contributed by atoms with van der Waals surface area (Å²) in [7, 11) is 0. The highest BCUT2D eigenvalue weighted by molar-refractivity contribution is 8.03. The van der Waals surface area contributed by atoms with Gasteiger partial charge in [-0.3, -0.25) is 0 Å². The number of anilines is 2. The van der Waals surface area contributed by atoms with Gasteiger partial charge in [0, 0.05) is 21.2 Å². The first-order chi connectivity index (χ1) is 14.1. The largest absolute Gasteiger partial charge is 0.312 e. The van der Waals surface area contributed by atoms with Gasteiger partial charge in [0.05, 0.1) is 5.69 Å². The molecule has 0 atom stereocenters. The molecule has 0 saturated carbocycles. The van der Waals surface area contributed by atoms with Gasteiger partial charge in [-0.2, -0.15) is 0 Å². The second-order valence-corrected chi connectivity index (χ2v) is 11.0. The zero-order chi connectivity index (χ0) is 22.1. The molecule has 0 N–H and O–H groups in total. The minimum atomic E-state index is 0.154. The van der Waals surface area contributed by atoms with Gasteiger partial charge in [-0.05, 0) is 59.6 Å². The van der Waals surface area contributed by atoms with Gasteiger partial charge in [-0.15, -0.1) is 0 Å². The Balaban J connectivity index is 0.00000124. The van der Waals surface area contributed by atoms with E-state index >= 15 is 0 Å². The molecule has 1 aliphatic heterocycles. The number of rotatable bonds is 1. The summed E-state index contributed by atoms with van der Waals surface area (Å²) in [6.45, 7) is 17.9. The lowest BCUT2D eigenvalue weighted by atomic mass is 9.81. The van der Waals surface area contributed by atoms with E-state index in [4.69, 9.17) is 0 Å². The summed E-state index contributed by atoms with van der Waals surface area (Å²) in [4.78, 5) is 5.27. The number of benzene rings is 2. The van der Waals surface area contributed by atoms with E-state index in [1.807, 2.05) is 25.6 Å². The Hall–Kier alpha value is -1.93. The summed E-state index contributed by atoms with van der Waals surface area (Å²) in [6.07, 6.45) is 4.70. The molecule has 0 radical (unpaired) electrons. The van der Waals surface area contributed by atoms with Crippen LogP contribution in [0, 0.1) is 5.41 Å². The van der Waals surface area contributed by atoms with E-state index < -0.39 is 0 Å². The van der Waals surface area contributed by atoms with Gasteiger partial charge in [0.25, 0.3) is 0 Å². The van der Waals surface area contributed by atoms with Crippen LogP contribution in [-0.4, -0.2) is 0 Å². The van der Waals surface area contributed by atoms with E-state index in [2.05, 4.69) is 101 Å². The predicted molar refractivity (Wildman–Crippen MR) is 135 cm³/mol. The van der Waals surface area contributed by atoms with Crippen LogP contribution < -0.4 is 4.90 Å². The van der Waals surface area contributed by atoms with Crippen LogP contribution in [0.5, 0.6) is 0 Å². The van der Waals surface area contributed by atoms with Crippen LogP contribution in [0.25, 0.3) is 0 Å².